The van der Waals surface area contributed by atoms with Crippen molar-refractivity contribution in [2.45, 2.75) is 13.5 Å². The standard InChI is InChI=1S/C22H19FN4O3S2/c1-13-2-7-18-25-19(24-8-9-28)16(20(29)26(18)11-13)10-17-21(30)27(22(31)32-17)12-14-3-5-15(23)6-4-14/h2-7,10-11,24,28H,8-9,12H2,1H3/b17-10+. The molecular weight excluding hydrogens is 451 g/mol. The number of nitrogens with zero attached hydrogens (tertiary/aromatic N) is 3. The molecule has 1 fully saturated rings. The summed E-state index contributed by atoms with van der Waals surface area (Å²) < 4.78 is 14.9. The molecule has 0 radical (unpaired) electrons. The van der Waals surface area contributed by atoms with Gasteiger partial charge in [0.25, 0.3) is 11.5 Å². The van der Waals surface area contributed by atoms with E-state index in [1.54, 1.807) is 24.4 Å². The molecule has 1 aliphatic heterocycles. The van der Waals surface area contributed by atoms with Crippen LogP contribution in [-0.2, 0) is 11.3 Å². The molecule has 0 saturated carbocycles. The number of rotatable bonds is 6. The number of fused-ring (bicyclic) bond motifs is 1. The lowest BCUT2D eigenvalue weighted by atomic mass is 10.2. The van der Waals surface area contributed by atoms with Gasteiger partial charge in [0, 0.05) is 12.7 Å². The zero-order valence-corrected chi connectivity index (χ0v) is 18.7. The van der Waals surface area contributed by atoms with Crippen molar-refractivity contribution in [1.29, 1.82) is 0 Å². The zero-order chi connectivity index (χ0) is 22.8. The summed E-state index contributed by atoms with van der Waals surface area (Å²) >= 11 is 6.46. The number of thioether (sulfide) groups is 1. The Kier molecular flexibility index (Phi) is 6.35. The number of aromatic nitrogens is 2. The second-order valence-corrected chi connectivity index (χ2v) is 8.83. The number of aliphatic hydroxyl groups is 1. The van der Waals surface area contributed by atoms with E-state index in [9.17, 15) is 19.1 Å². The highest BCUT2D eigenvalue weighted by atomic mass is 32.2. The van der Waals surface area contributed by atoms with E-state index in [0.29, 0.717) is 9.97 Å². The average molecular weight is 471 g/mol. The van der Waals surface area contributed by atoms with Gasteiger partial charge in [-0.2, -0.15) is 0 Å². The Morgan fingerprint density at radius 1 is 1.22 bits per heavy atom. The summed E-state index contributed by atoms with van der Waals surface area (Å²) in [7, 11) is 0. The molecule has 0 spiro atoms. The van der Waals surface area contributed by atoms with Crippen LogP contribution in [0.25, 0.3) is 11.7 Å². The van der Waals surface area contributed by atoms with Gasteiger partial charge in [0.15, 0.2) is 0 Å². The Bertz CT molecular complexity index is 1310. The summed E-state index contributed by atoms with van der Waals surface area (Å²) in [5, 5.41) is 12.1. The first-order valence-electron chi connectivity index (χ1n) is 9.75. The van der Waals surface area contributed by atoms with Gasteiger partial charge in [-0.25, -0.2) is 9.37 Å². The maximum Gasteiger partial charge on any atom is 0.267 e. The number of aryl methyl sites for hydroxylation is 1. The van der Waals surface area contributed by atoms with Crippen molar-refractivity contribution in [3.05, 3.63) is 80.4 Å². The first-order valence-corrected chi connectivity index (χ1v) is 11.0. The molecule has 1 amide bonds. The highest BCUT2D eigenvalue weighted by Gasteiger charge is 2.32. The first kappa shape index (κ1) is 22.1. The maximum absolute atomic E-state index is 13.2. The normalized spacial score (nSPS) is 15.2. The first-order chi connectivity index (χ1) is 15.4. The predicted molar refractivity (Wildman–Crippen MR) is 127 cm³/mol. The molecule has 2 aromatic heterocycles. The molecule has 4 rings (SSSR count). The fourth-order valence-corrected chi connectivity index (χ4v) is 4.47. The number of aliphatic hydroxyl groups excluding tert-OH is 1. The second-order valence-electron chi connectivity index (χ2n) is 7.16. The molecule has 3 heterocycles. The Balaban J connectivity index is 1.73. The van der Waals surface area contributed by atoms with Crippen LogP contribution in [0.3, 0.4) is 0 Å². The largest absolute Gasteiger partial charge is 0.395 e. The number of carbonyl (C=O) groups is 1. The van der Waals surface area contributed by atoms with Crippen LogP contribution in [0.2, 0.25) is 0 Å². The van der Waals surface area contributed by atoms with Crippen molar-refractivity contribution in [2.75, 3.05) is 18.5 Å². The van der Waals surface area contributed by atoms with Crippen molar-refractivity contribution in [2.24, 2.45) is 0 Å². The number of pyridine rings is 1. The van der Waals surface area contributed by atoms with Crippen LogP contribution in [0.15, 0.2) is 52.3 Å². The van der Waals surface area contributed by atoms with Crippen molar-refractivity contribution < 1.29 is 14.3 Å². The molecular formula is C22H19FN4O3S2. The minimum absolute atomic E-state index is 0.145. The molecule has 1 aliphatic rings. The van der Waals surface area contributed by atoms with Crippen molar-refractivity contribution in [3.8, 4) is 0 Å². The highest BCUT2D eigenvalue weighted by Crippen LogP contribution is 2.34. The van der Waals surface area contributed by atoms with Crippen LogP contribution in [0.4, 0.5) is 10.2 Å². The maximum atomic E-state index is 13.2. The SMILES string of the molecule is Cc1ccc2nc(NCCO)c(/C=C3/SC(=S)N(Cc4ccc(F)cc4)C3=O)c(=O)n2c1. The van der Waals surface area contributed by atoms with Gasteiger partial charge in [0.05, 0.1) is 23.6 Å². The number of benzene rings is 1. The zero-order valence-electron chi connectivity index (χ0n) is 17.0. The Morgan fingerprint density at radius 3 is 2.69 bits per heavy atom. The molecule has 7 nitrogen and oxygen atoms in total. The molecule has 0 unspecified atom stereocenters. The second kappa shape index (κ2) is 9.19. The third-order valence-corrected chi connectivity index (χ3v) is 6.19. The molecule has 0 atom stereocenters. The van der Waals surface area contributed by atoms with Gasteiger partial charge in [-0.15, -0.1) is 0 Å². The monoisotopic (exact) mass is 470 g/mol. The van der Waals surface area contributed by atoms with Gasteiger partial charge in [0.2, 0.25) is 0 Å². The number of halogens is 1. The van der Waals surface area contributed by atoms with Crippen LogP contribution in [-0.4, -0.2) is 42.8 Å². The number of carbonyl (C=O) groups excluding carboxylic acids is 1. The predicted octanol–water partition coefficient (Wildman–Crippen LogP) is 2.95. The van der Waals surface area contributed by atoms with E-state index < -0.39 is 0 Å². The third kappa shape index (κ3) is 4.43. The number of amides is 1. The van der Waals surface area contributed by atoms with Crippen molar-refractivity contribution in [3.63, 3.8) is 0 Å². The van der Waals surface area contributed by atoms with Gasteiger partial charge in [-0.3, -0.25) is 18.9 Å². The summed E-state index contributed by atoms with van der Waals surface area (Å²) in [5.74, 6) is -0.427. The lowest BCUT2D eigenvalue weighted by Crippen LogP contribution is -2.27. The van der Waals surface area contributed by atoms with E-state index in [2.05, 4.69) is 10.3 Å². The molecule has 0 bridgehead atoms. The molecule has 1 aromatic carbocycles. The lowest BCUT2D eigenvalue weighted by Gasteiger charge is -2.14. The van der Waals surface area contributed by atoms with Crippen molar-refractivity contribution in [1.82, 2.24) is 14.3 Å². The average Bonchev–Trinajstić information content (AvgIpc) is 3.03. The number of anilines is 1. The summed E-state index contributed by atoms with van der Waals surface area (Å²) in [6.07, 6.45) is 3.16. The summed E-state index contributed by atoms with van der Waals surface area (Å²) in [5.41, 5.74) is 1.92. The third-order valence-electron chi connectivity index (χ3n) is 4.81. The Labute approximate surface area is 192 Å². The van der Waals surface area contributed by atoms with Gasteiger partial charge in [-0.1, -0.05) is 42.2 Å². The van der Waals surface area contributed by atoms with Crippen LogP contribution in [0, 0.1) is 12.7 Å². The molecule has 164 valence electrons. The van der Waals surface area contributed by atoms with E-state index >= 15 is 0 Å². The number of nitrogens with one attached hydrogen (secondary N) is 1. The number of hydrogen-bond acceptors (Lipinski definition) is 7. The molecule has 1 saturated heterocycles. The minimum Gasteiger partial charge on any atom is -0.395 e. The fraction of sp³-hybridized carbons (Fsp3) is 0.182. The van der Waals surface area contributed by atoms with Gasteiger partial charge in [-0.05, 0) is 42.3 Å². The molecule has 0 aliphatic carbocycles. The topological polar surface area (TPSA) is 86.9 Å². The summed E-state index contributed by atoms with van der Waals surface area (Å²) in [6, 6.07) is 9.41. The van der Waals surface area contributed by atoms with Gasteiger partial charge in [0.1, 0.15) is 21.6 Å². The number of thiocarbonyl (C=S) groups is 1. The molecule has 2 N–H and O–H groups in total. The Hall–Kier alpha value is -3.08. The minimum atomic E-state index is -0.360. The Morgan fingerprint density at radius 2 is 1.97 bits per heavy atom. The molecule has 3 aromatic rings. The molecule has 32 heavy (non-hydrogen) atoms. The highest BCUT2D eigenvalue weighted by molar-refractivity contribution is 8.26. The van der Waals surface area contributed by atoms with Crippen molar-refractivity contribution >= 4 is 51.7 Å². The quantitative estimate of drug-likeness (QED) is 0.423. The van der Waals surface area contributed by atoms with Gasteiger partial charge < -0.3 is 10.4 Å². The molecule has 10 heteroatoms. The van der Waals surface area contributed by atoms with Crippen LogP contribution < -0.4 is 10.9 Å². The summed E-state index contributed by atoms with van der Waals surface area (Å²) in [4.78, 5) is 32.4. The van der Waals surface area contributed by atoms with E-state index in [0.717, 1.165) is 22.9 Å². The van der Waals surface area contributed by atoms with E-state index in [1.165, 1.54) is 27.5 Å². The number of hydrogen-bond donors (Lipinski definition) is 2. The smallest absolute Gasteiger partial charge is 0.267 e. The van der Waals surface area contributed by atoms with Crippen LogP contribution >= 0.6 is 24.0 Å². The van der Waals surface area contributed by atoms with Crippen LogP contribution in [0.1, 0.15) is 16.7 Å². The fourth-order valence-electron chi connectivity index (χ4n) is 3.24. The van der Waals surface area contributed by atoms with E-state index in [-0.39, 0.29) is 53.3 Å². The van der Waals surface area contributed by atoms with Gasteiger partial charge >= 0.3 is 0 Å². The summed E-state index contributed by atoms with van der Waals surface area (Å²) in [6.45, 7) is 2.12. The van der Waals surface area contributed by atoms with Crippen LogP contribution in [0.5, 0.6) is 0 Å². The van der Waals surface area contributed by atoms with E-state index in [1.807, 2.05) is 13.0 Å². The van der Waals surface area contributed by atoms with E-state index in [4.69, 9.17) is 12.2 Å². The lowest BCUT2D eigenvalue weighted by molar-refractivity contribution is -0.122.